The van der Waals surface area contributed by atoms with Gasteiger partial charge in [0.1, 0.15) is 0 Å². The van der Waals surface area contributed by atoms with Crippen LogP contribution in [0.3, 0.4) is 0 Å². The van der Waals surface area contributed by atoms with Gasteiger partial charge in [0.15, 0.2) is 0 Å². The molecule has 2 rings (SSSR count). The van der Waals surface area contributed by atoms with Crippen molar-refractivity contribution in [3.8, 4) is 0 Å². The van der Waals surface area contributed by atoms with Crippen LogP contribution in [-0.2, 0) is 13.0 Å². The van der Waals surface area contributed by atoms with Gasteiger partial charge >= 0.3 is 0 Å². The normalized spacial score (nSPS) is 9.48. The number of hydrogen-bond acceptors (Lipinski definition) is 2. The first-order valence-electron chi connectivity index (χ1n) is 7.24. The van der Waals surface area contributed by atoms with E-state index in [1.165, 1.54) is 11.6 Å². The van der Waals surface area contributed by atoms with Crippen LogP contribution < -0.4 is 10.9 Å². The molecule has 0 spiro atoms. The molecule has 0 saturated heterocycles. The highest BCUT2D eigenvalue weighted by Gasteiger charge is 2.04. The molecule has 0 saturated carbocycles. The minimum absolute atomic E-state index is 0.117. The van der Waals surface area contributed by atoms with Crippen LogP contribution in [-0.4, -0.2) is 10.9 Å². The number of aromatic nitrogens is 1. The van der Waals surface area contributed by atoms with Gasteiger partial charge in [0.2, 0.25) is 5.56 Å². The van der Waals surface area contributed by atoms with Crippen molar-refractivity contribution in [1.29, 1.82) is 0 Å². The minimum Gasteiger partial charge on any atom is -0.348 e. The van der Waals surface area contributed by atoms with E-state index in [4.69, 9.17) is 0 Å². The lowest BCUT2D eigenvalue weighted by Crippen LogP contribution is -2.23. The zero-order chi connectivity index (χ0) is 15.7. The van der Waals surface area contributed by atoms with Crippen molar-refractivity contribution in [3.05, 3.63) is 69.6 Å². The van der Waals surface area contributed by atoms with Crippen LogP contribution in [0.1, 0.15) is 42.3 Å². The first-order chi connectivity index (χ1) is 10.2. The predicted octanol–water partition coefficient (Wildman–Crippen LogP) is 2.89. The van der Waals surface area contributed by atoms with Crippen molar-refractivity contribution in [2.45, 2.75) is 33.7 Å². The summed E-state index contributed by atoms with van der Waals surface area (Å²) in [6.45, 7) is 6.47. The van der Waals surface area contributed by atoms with E-state index in [-0.39, 0.29) is 11.5 Å². The topological polar surface area (TPSA) is 62.0 Å². The number of nitrogens with one attached hydrogen (secondary N) is 2. The van der Waals surface area contributed by atoms with Crippen molar-refractivity contribution in [2.75, 3.05) is 0 Å². The maximum Gasteiger partial charge on any atom is 0.251 e. The quantitative estimate of drug-likeness (QED) is 0.907. The Bertz CT molecular complexity index is 595. The second-order valence-electron chi connectivity index (χ2n) is 4.29. The number of pyridine rings is 1. The van der Waals surface area contributed by atoms with E-state index in [1.807, 2.05) is 38.1 Å². The summed E-state index contributed by atoms with van der Waals surface area (Å²) >= 11 is 0. The molecule has 1 heterocycles. The fraction of sp³-hybridized carbons (Fsp3) is 0.294. The van der Waals surface area contributed by atoms with E-state index in [2.05, 4.69) is 17.2 Å². The number of carbonyl (C=O) groups excluding carboxylic acids is 1. The number of carbonyl (C=O) groups is 1. The lowest BCUT2D eigenvalue weighted by Gasteiger charge is -2.05. The van der Waals surface area contributed by atoms with Gasteiger partial charge in [0.25, 0.3) is 5.91 Å². The second-order valence-corrected chi connectivity index (χ2v) is 4.29. The zero-order valence-corrected chi connectivity index (χ0v) is 12.8. The molecule has 0 aliphatic carbocycles. The highest BCUT2D eigenvalue weighted by Crippen LogP contribution is 2.05. The molecular weight excluding hydrogens is 264 g/mol. The number of rotatable bonds is 4. The number of amides is 1. The molecule has 1 aromatic carbocycles. The van der Waals surface area contributed by atoms with Gasteiger partial charge in [-0.3, -0.25) is 9.59 Å². The summed E-state index contributed by atoms with van der Waals surface area (Å²) < 4.78 is 0. The number of hydrogen-bond donors (Lipinski definition) is 2. The Morgan fingerprint density at radius 1 is 1.05 bits per heavy atom. The molecule has 0 radical (unpaired) electrons. The summed E-state index contributed by atoms with van der Waals surface area (Å²) in [7, 11) is 0. The van der Waals surface area contributed by atoms with E-state index in [9.17, 15) is 9.59 Å². The molecule has 0 aliphatic heterocycles. The van der Waals surface area contributed by atoms with E-state index < -0.39 is 0 Å². The SMILES string of the molecule is CC.CCc1ccc(C(=O)NCc2ccc(=O)[nH]c2)cc1. The third-order valence-corrected chi connectivity index (χ3v) is 2.93. The standard InChI is InChI=1S/C15H16N2O2.C2H6/c1-2-11-3-6-13(7-4-11)15(19)17-10-12-5-8-14(18)16-9-12;1-2/h3-9H,2,10H2,1H3,(H,16,18)(H,17,19);1-2H3. The fourth-order valence-corrected chi connectivity index (χ4v) is 1.73. The van der Waals surface area contributed by atoms with E-state index in [0.717, 1.165) is 12.0 Å². The Morgan fingerprint density at radius 3 is 2.19 bits per heavy atom. The summed E-state index contributed by atoms with van der Waals surface area (Å²) in [6, 6.07) is 10.7. The third kappa shape index (κ3) is 5.26. The molecular formula is C17H22N2O2. The molecule has 112 valence electrons. The van der Waals surface area contributed by atoms with Crippen molar-refractivity contribution in [1.82, 2.24) is 10.3 Å². The molecule has 0 aliphatic rings. The Hall–Kier alpha value is -2.36. The molecule has 0 fully saturated rings. The van der Waals surface area contributed by atoms with E-state index in [1.54, 1.807) is 12.3 Å². The molecule has 0 atom stereocenters. The second kappa shape index (κ2) is 8.74. The summed E-state index contributed by atoms with van der Waals surface area (Å²) in [6.07, 6.45) is 2.56. The largest absolute Gasteiger partial charge is 0.348 e. The average molecular weight is 286 g/mol. The average Bonchev–Trinajstić information content (AvgIpc) is 2.56. The first-order valence-corrected chi connectivity index (χ1v) is 7.24. The molecule has 0 unspecified atom stereocenters. The van der Waals surface area contributed by atoms with Crippen LogP contribution in [0.2, 0.25) is 0 Å². The summed E-state index contributed by atoms with van der Waals surface area (Å²) in [5.74, 6) is -0.117. The van der Waals surface area contributed by atoms with Gasteiger partial charge in [-0.05, 0) is 29.7 Å². The molecule has 1 amide bonds. The van der Waals surface area contributed by atoms with Crippen LogP contribution in [0.5, 0.6) is 0 Å². The van der Waals surface area contributed by atoms with E-state index >= 15 is 0 Å². The number of H-pyrrole nitrogens is 1. The van der Waals surface area contributed by atoms with E-state index in [0.29, 0.717) is 12.1 Å². The fourth-order valence-electron chi connectivity index (χ4n) is 1.73. The third-order valence-electron chi connectivity index (χ3n) is 2.93. The Balaban J connectivity index is 0.00000106. The van der Waals surface area contributed by atoms with Gasteiger partial charge in [-0.2, -0.15) is 0 Å². The smallest absolute Gasteiger partial charge is 0.251 e. The maximum atomic E-state index is 11.9. The van der Waals surface area contributed by atoms with Gasteiger partial charge in [-0.25, -0.2) is 0 Å². The highest BCUT2D eigenvalue weighted by atomic mass is 16.1. The van der Waals surface area contributed by atoms with Gasteiger partial charge in [0.05, 0.1) is 0 Å². The van der Waals surface area contributed by atoms with Crippen molar-refractivity contribution in [3.63, 3.8) is 0 Å². The molecule has 2 N–H and O–H groups in total. The Kier molecular flexibility index (Phi) is 6.95. The molecule has 2 aromatic rings. The van der Waals surface area contributed by atoms with Crippen LogP contribution in [0.15, 0.2) is 47.4 Å². The van der Waals surface area contributed by atoms with Crippen LogP contribution in [0, 0.1) is 0 Å². The molecule has 4 heteroatoms. The molecule has 0 bridgehead atoms. The van der Waals surface area contributed by atoms with Gasteiger partial charge < -0.3 is 10.3 Å². The summed E-state index contributed by atoms with van der Waals surface area (Å²) in [4.78, 5) is 25.4. The maximum absolute atomic E-state index is 11.9. The monoisotopic (exact) mass is 286 g/mol. The van der Waals surface area contributed by atoms with Crippen molar-refractivity contribution >= 4 is 5.91 Å². The van der Waals surface area contributed by atoms with Crippen molar-refractivity contribution < 1.29 is 4.79 Å². The summed E-state index contributed by atoms with van der Waals surface area (Å²) in [5, 5.41) is 2.81. The summed E-state index contributed by atoms with van der Waals surface area (Å²) in [5.41, 5.74) is 2.56. The van der Waals surface area contributed by atoms with Crippen LogP contribution >= 0.6 is 0 Å². The molecule has 1 aromatic heterocycles. The van der Waals surface area contributed by atoms with Gasteiger partial charge in [0, 0.05) is 24.4 Å². The molecule has 21 heavy (non-hydrogen) atoms. The number of aryl methyl sites for hydroxylation is 1. The molecule has 4 nitrogen and oxygen atoms in total. The highest BCUT2D eigenvalue weighted by molar-refractivity contribution is 5.94. The zero-order valence-electron chi connectivity index (χ0n) is 12.8. The van der Waals surface area contributed by atoms with Crippen LogP contribution in [0.4, 0.5) is 0 Å². The number of aromatic amines is 1. The van der Waals surface area contributed by atoms with Gasteiger partial charge in [-0.1, -0.05) is 39.0 Å². The van der Waals surface area contributed by atoms with Crippen LogP contribution in [0.25, 0.3) is 0 Å². The van der Waals surface area contributed by atoms with Crippen molar-refractivity contribution in [2.24, 2.45) is 0 Å². The number of benzene rings is 1. The lowest BCUT2D eigenvalue weighted by atomic mass is 10.1. The van der Waals surface area contributed by atoms with Gasteiger partial charge in [-0.15, -0.1) is 0 Å². The Labute approximate surface area is 125 Å². The Morgan fingerprint density at radius 2 is 1.67 bits per heavy atom. The first kappa shape index (κ1) is 16.7. The predicted molar refractivity (Wildman–Crippen MR) is 85.4 cm³/mol. The lowest BCUT2D eigenvalue weighted by molar-refractivity contribution is 0.0951. The minimum atomic E-state index is -0.148.